The van der Waals surface area contributed by atoms with Crippen LogP contribution < -0.4 is 5.32 Å². The Morgan fingerprint density at radius 1 is 1.32 bits per heavy atom. The lowest BCUT2D eigenvalue weighted by Crippen LogP contribution is -2.29. The van der Waals surface area contributed by atoms with E-state index in [2.05, 4.69) is 37.4 Å². The van der Waals surface area contributed by atoms with Gasteiger partial charge in [0.1, 0.15) is 0 Å². The SMILES string of the molecule is CNC1CCCC1CCS(=O)c1cc(C)ccc1C. The van der Waals surface area contributed by atoms with Crippen LogP contribution in [-0.2, 0) is 10.8 Å². The number of benzene rings is 1. The first-order chi connectivity index (χ1) is 9.11. The van der Waals surface area contributed by atoms with Crippen molar-refractivity contribution in [2.24, 2.45) is 5.92 Å². The summed E-state index contributed by atoms with van der Waals surface area (Å²) in [5.41, 5.74) is 2.35. The van der Waals surface area contributed by atoms with Crippen LogP contribution in [0.1, 0.15) is 36.8 Å². The van der Waals surface area contributed by atoms with Gasteiger partial charge in [0.25, 0.3) is 0 Å². The minimum absolute atomic E-state index is 0.635. The zero-order valence-electron chi connectivity index (χ0n) is 12.2. The van der Waals surface area contributed by atoms with Crippen LogP contribution in [0.2, 0.25) is 0 Å². The average molecular weight is 279 g/mol. The van der Waals surface area contributed by atoms with Gasteiger partial charge in [0.2, 0.25) is 0 Å². The van der Waals surface area contributed by atoms with Gasteiger partial charge in [-0.05, 0) is 63.3 Å². The first kappa shape index (κ1) is 14.7. The van der Waals surface area contributed by atoms with Gasteiger partial charge >= 0.3 is 0 Å². The number of nitrogens with one attached hydrogen (secondary N) is 1. The lowest BCUT2D eigenvalue weighted by atomic mass is 10.0. The zero-order chi connectivity index (χ0) is 13.8. The van der Waals surface area contributed by atoms with Crippen LogP contribution in [0.5, 0.6) is 0 Å². The molecular weight excluding hydrogens is 254 g/mol. The van der Waals surface area contributed by atoms with Gasteiger partial charge < -0.3 is 5.32 Å². The predicted molar refractivity (Wildman–Crippen MR) is 82.0 cm³/mol. The molecule has 0 heterocycles. The van der Waals surface area contributed by atoms with Gasteiger partial charge in [0.15, 0.2) is 0 Å². The third-order valence-electron chi connectivity index (χ3n) is 4.29. The lowest BCUT2D eigenvalue weighted by molar-refractivity contribution is 0.416. The van der Waals surface area contributed by atoms with Crippen molar-refractivity contribution in [1.82, 2.24) is 5.32 Å². The molecule has 1 N–H and O–H groups in total. The van der Waals surface area contributed by atoms with E-state index < -0.39 is 10.8 Å². The average Bonchev–Trinajstić information content (AvgIpc) is 2.86. The fourth-order valence-electron chi connectivity index (χ4n) is 3.08. The Morgan fingerprint density at radius 2 is 2.11 bits per heavy atom. The second-order valence-corrected chi connectivity index (χ2v) is 7.23. The minimum Gasteiger partial charge on any atom is -0.317 e. The minimum atomic E-state index is -0.846. The monoisotopic (exact) mass is 279 g/mol. The third-order valence-corrected chi connectivity index (χ3v) is 5.83. The van der Waals surface area contributed by atoms with Crippen LogP contribution >= 0.6 is 0 Å². The summed E-state index contributed by atoms with van der Waals surface area (Å²) in [6, 6.07) is 6.88. The van der Waals surface area contributed by atoms with Gasteiger partial charge in [0, 0.05) is 16.7 Å². The topological polar surface area (TPSA) is 29.1 Å². The summed E-state index contributed by atoms with van der Waals surface area (Å²) in [5, 5.41) is 3.40. The maximum atomic E-state index is 12.5. The number of hydrogen-bond acceptors (Lipinski definition) is 2. The Hall–Kier alpha value is -0.670. The maximum absolute atomic E-state index is 12.5. The van der Waals surface area contributed by atoms with Crippen LogP contribution in [0.15, 0.2) is 23.1 Å². The predicted octanol–water partition coefficient (Wildman–Crippen LogP) is 3.19. The molecule has 106 valence electrons. The molecule has 3 unspecified atom stereocenters. The van der Waals surface area contributed by atoms with Gasteiger partial charge in [-0.3, -0.25) is 4.21 Å². The van der Waals surface area contributed by atoms with Gasteiger partial charge in [-0.15, -0.1) is 0 Å². The molecule has 0 aromatic heterocycles. The van der Waals surface area contributed by atoms with Crippen molar-refractivity contribution in [2.45, 2.75) is 50.5 Å². The lowest BCUT2D eigenvalue weighted by Gasteiger charge is -2.18. The van der Waals surface area contributed by atoms with Crippen LogP contribution in [0.25, 0.3) is 0 Å². The van der Waals surface area contributed by atoms with Gasteiger partial charge in [0.05, 0.1) is 10.8 Å². The second kappa shape index (κ2) is 6.67. The summed E-state index contributed by atoms with van der Waals surface area (Å²) in [4.78, 5) is 1.03. The van der Waals surface area contributed by atoms with Crippen molar-refractivity contribution < 1.29 is 4.21 Å². The quantitative estimate of drug-likeness (QED) is 0.897. The first-order valence-corrected chi connectivity index (χ1v) is 8.56. The summed E-state index contributed by atoms with van der Waals surface area (Å²) >= 11 is 0. The molecule has 2 nitrogen and oxygen atoms in total. The number of aryl methyl sites for hydroxylation is 2. The Morgan fingerprint density at radius 3 is 2.84 bits per heavy atom. The van der Waals surface area contributed by atoms with E-state index in [-0.39, 0.29) is 0 Å². The van der Waals surface area contributed by atoms with E-state index >= 15 is 0 Å². The molecule has 0 bridgehead atoms. The Balaban J connectivity index is 1.96. The van der Waals surface area contributed by atoms with Crippen molar-refractivity contribution in [3.8, 4) is 0 Å². The van der Waals surface area contributed by atoms with Crippen LogP contribution in [0.4, 0.5) is 0 Å². The highest BCUT2D eigenvalue weighted by Gasteiger charge is 2.26. The summed E-state index contributed by atoms with van der Waals surface area (Å²) in [7, 11) is 1.20. The molecule has 2 rings (SSSR count). The fraction of sp³-hybridized carbons (Fsp3) is 0.625. The summed E-state index contributed by atoms with van der Waals surface area (Å²) in [6.45, 7) is 4.12. The molecule has 1 aromatic carbocycles. The van der Waals surface area contributed by atoms with E-state index in [0.29, 0.717) is 12.0 Å². The standard InChI is InChI=1S/C16H25NOS/c1-12-7-8-13(2)16(11-12)19(18)10-9-14-5-4-6-15(14)17-3/h7-8,11,14-15,17H,4-6,9-10H2,1-3H3. The Bertz CT molecular complexity index is 458. The number of hydrogen-bond donors (Lipinski definition) is 1. The van der Waals surface area contributed by atoms with E-state index in [4.69, 9.17) is 0 Å². The molecule has 3 heteroatoms. The highest BCUT2D eigenvalue weighted by atomic mass is 32.2. The maximum Gasteiger partial charge on any atom is 0.0532 e. The summed E-state index contributed by atoms with van der Waals surface area (Å²) < 4.78 is 12.5. The van der Waals surface area contributed by atoms with Gasteiger partial charge in [-0.1, -0.05) is 18.6 Å². The van der Waals surface area contributed by atoms with Crippen molar-refractivity contribution in [3.05, 3.63) is 29.3 Å². The van der Waals surface area contributed by atoms with Gasteiger partial charge in [-0.25, -0.2) is 0 Å². The van der Waals surface area contributed by atoms with Gasteiger partial charge in [-0.2, -0.15) is 0 Å². The smallest absolute Gasteiger partial charge is 0.0532 e. The molecule has 3 atom stereocenters. The summed E-state index contributed by atoms with van der Waals surface area (Å²) in [6.07, 6.45) is 4.95. The zero-order valence-corrected chi connectivity index (χ0v) is 13.1. The van der Waals surface area contributed by atoms with E-state index in [1.807, 2.05) is 7.05 Å². The Labute approximate surface area is 119 Å². The molecule has 1 saturated carbocycles. The molecule has 0 aliphatic heterocycles. The first-order valence-electron chi connectivity index (χ1n) is 7.24. The number of rotatable bonds is 5. The highest BCUT2D eigenvalue weighted by Crippen LogP contribution is 2.29. The fourth-order valence-corrected chi connectivity index (χ4v) is 4.56. The molecule has 1 aromatic rings. The second-order valence-electron chi connectivity index (χ2n) is 5.69. The summed E-state index contributed by atoms with van der Waals surface area (Å²) in [5.74, 6) is 1.51. The van der Waals surface area contributed by atoms with E-state index in [1.165, 1.54) is 24.8 Å². The van der Waals surface area contributed by atoms with E-state index in [0.717, 1.165) is 22.6 Å². The molecular formula is C16H25NOS. The molecule has 1 aliphatic carbocycles. The molecule has 0 radical (unpaired) electrons. The largest absolute Gasteiger partial charge is 0.317 e. The molecule has 1 aliphatic rings. The molecule has 0 amide bonds. The molecule has 1 fully saturated rings. The van der Waals surface area contributed by atoms with Crippen molar-refractivity contribution >= 4 is 10.8 Å². The van der Waals surface area contributed by atoms with Crippen LogP contribution in [0, 0.1) is 19.8 Å². The van der Waals surface area contributed by atoms with Crippen molar-refractivity contribution in [2.75, 3.05) is 12.8 Å². The highest BCUT2D eigenvalue weighted by molar-refractivity contribution is 7.85. The molecule has 19 heavy (non-hydrogen) atoms. The molecule has 0 saturated heterocycles. The van der Waals surface area contributed by atoms with Crippen LogP contribution in [0.3, 0.4) is 0 Å². The van der Waals surface area contributed by atoms with E-state index in [9.17, 15) is 4.21 Å². The van der Waals surface area contributed by atoms with Crippen molar-refractivity contribution in [1.29, 1.82) is 0 Å². The normalized spacial score (nSPS) is 24.6. The Kier molecular flexibility index (Phi) is 5.17. The van der Waals surface area contributed by atoms with Crippen molar-refractivity contribution in [3.63, 3.8) is 0 Å². The molecule has 0 spiro atoms. The van der Waals surface area contributed by atoms with Crippen LogP contribution in [-0.4, -0.2) is 23.1 Å². The third kappa shape index (κ3) is 3.67. The van der Waals surface area contributed by atoms with E-state index in [1.54, 1.807) is 0 Å².